The van der Waals surface area contributed by atoms with Crippen molar-refractivity contribution in [2.45, 2.75) is 37.5 Å². The molecule has 0 spiro atoms. The van der Waals surface area contributed by atoms with Crippen molar-refractivity contribution in [2.24, 2.45) is 5.73 Å². The zero-order chi connectivity index (χ0) is 14.8. The van der Waals surface area contributed by atoms with Crippen LogP contribution >= 0.6 is 0 Å². The zero-order valence-electron chi connectivity index (χ0n) is 13.2. The van der Waals surface area contributed by atoms with Gasteiger partial charge < -0.3 is 20.3 Å². The molecule has 0 bridgehead atoms. The molecule has 2 unspecified atom stereocenters. The molecule has 2 atom stereocenters. The van der Waals surface area contributed by atoms with E-state index in [2.05, 4.69) is 48.2 Å². The highest BCUT2D eigenvalue weighted by atomic mass is 16.5. The average Bonchev–Trinajstić information content (AvgIpc) is 3.29. The minimum absolute atomic E-state index is 0.0468. The van der Waals surface area contributed by atoms with Crippen molar-refractivity contribution in [3.8, 4) is 5.75 Å². The van der Waals surface area contributed by atoms with Crippen LogP contribution in [0.15, 0.2) is 24.3 Å². The summed E-state index contributed by atoms with van der Waals surface area (Å²) in [5.74, 6) is 0.972. The van der Waals surface area contributed by atoms with Gasteiger partial charge in [0.05, 0.1) is 6.10 Å². The summed E-state index contributed by atoms with van der Waals surface area (Å²) in [7, 11) is 4.37. The maximum absolute atomic E-state index is 6.55. The first kappa shape index (κ1) is 14.8. The van der Waals surface area contributed by atoms with Crippen LogP contribution in [0.2, 0.25) is 0 Å². The third-order valence-electron chi connectivity index (χ3n) is 4.62. The van der Waals surface area contributed by atoms with Gasteiger partial charge in [-0.3, -0.25) is 0 Å². The normalized spacial score (nSPS) is 26.3. The first-order valence-corrected chi connectivity index (χ1v) is 8.04. The van der Waals surface area contributed by atoms with Crippen molar-refractivity contribution in [3.05, 3.63) is 29.8 Å². The number of rotatable bonds is 4. The fraction of sp³-hybridized carbons (Fsp3) is 0.647. The molecule has 0 aromatic heterocycles. The van der Waals surface area contributed by atoms with Crippen molar-refractivity contribution in [3.63, 3.8) is 0 Å². The number of likely N-dealkylation sites (N-methyl/N-ethyl adjacent to an activating group) is 2. The number of hydrogen-bond donors (Lipinski definition) is 1. The highest BCUT2D eigenvalue weighted by Gasteiger charge is 2.27. The molecule has 0 amide bonds. The minimum atomic E-state index is 0.0468. The van der Waals surface area contributed by atoms with Crippen LogP contribution in [0.25, 0.3) is 0 Å². The summed E-state index contributed by atoms with van der Waals surface area (Å²) in [5.41, 5.74) is 7.75. The molecular weight excluding hydrogens is 262 g/mol. The quantitative estimate of drug-likeness (QED) is 0.919. The van der Waals surface area contributed by atoms with Gasteiger partial charge in [-0.25, -0.2) is 0 Å². The van der Waals surface area contributed by atoms with Gasteiger partial charge in [0.2, 0.25) is 0 Å². The fourth-order valence-electron chi connectivity index (χ4n) is 3.06. The van der Waals surface area contributed by atoms with Crippen LogP contribution in [-0.2, 0) is 0 Å². The van der Waals surface area contributed by atoms with Crippen LogP contribution in [-0.4, -0.2) is 55.7 Å². The lowest BCUT2D eigenvalue weighted by molar-refractivity contribution is 0.196. The largest absolute Gasteiger partial charge is 0.490 e. The third kappa shape index (κ3) is 3.76. The summed E-state index contributed by atoms with van der Waals surface area (Å²) in [4.78, 5) is 4.79. The van der Waals surface area contributed by atoms with E-state index in [9.17, 15) is 0 Å². The summed E-state index contributed by atoms with van der Waals surface area (Å²) in [6, 6.07) is 8.79. The molecule has 1 heterocycles. The maximum atomic E-state index is 6.55. The molecule has 1 saturated carbocycles. The Labute approximate surface area is 127 Å². The van der Waals surface area contributed by atoms with Gasteiger partial charge in [-0.2, -0.15) is 0 Å². The van der Waals surface area contributed by atoms with Crippen LogP contribution in [0.5, 0.6) is 5.75 Å². The number of hydrogen-bond acceptors (Lipinski definition) is 4. The molecule has 1 aliphatic carbocycles. The number of nitrogens with zero attached hydrogens (tertiary/aromatic N) is 2. The van der Waals surface area contributed by atoms with E-state index in [-0.39, 0.29) is 6.04 Å². The second-order valence-corrected chi connectivity index (χ2v) is 6.58. The molecule has 1 aromatic carbocycles. The molecule has 0 radical (unpaired) electrons. The molecule has 4 heteroatoms. The molecular formula is C17H27N3O. The molecule has 4 nitrogen and oxygen atoms in total. The standard InChI is InChI=1S/C17H27N3O/c1-19-10-3-11-20(2)16(12-19)17(18)13-4-6-14(7-5-13)21-15-8-9-15/h4-7,15-17H,3,8-12,18H2,1-2H3. The second kappa shape index (κ2) is 6.34. The van der Waals surface area contributed by atoms with Gasteiger partial charge in [0.1, 0.15) is 5.75 Å². The number of ether oxygens (including phenoxy) is 1. The van der Waals surface area contributed by atoms with Crippen LogP contribution < -0.4 is 10.5 Å². The molecule has 2 aliphatic rings. The van der Waals surface area contributed by atoms with Gasteiger partial charge in [0.15, 0.2) is 0 Å². The van der Waals surface area contributed by atoms with Crippen molar-refractivity contribution < 1.29 is 4.74 Å². The van der Waals surface area contributed by atoms with E-state index >= 15 is 0 Å². The SMILES string of the molecule is CN1CCCN(C)C(C(N)c2ccc(OC3CC3)cc2)C1. The van der Waals surface area contributed by atoms with Crippen molar-refractivity contribution >= 4 is 0 Å². The Balaban J connectivity index is 1.68. The van der Waals surface area contributed by atoms with E-state index in [4.69, 9.17) is 10.5 Å². The Hall–Kier alpha value is -1.10. The Morgan fingerprint density at radius 2 is 1.86 bits per heavy atom. The fourth-order valence-corrected chi connectivity index (χ4v) is 3.06. The van der Waals surface area contributed by atoms with Gasteiger partial charge in [-0.1, -0.05) is 12.1 Å². The van der Waals surface area contributed by atoms with Crippen LogP contribution in [0, 0.1) is 0 Å². The molecule has 116 valence electrons. The molecule has 2 N–H and O–H groups in total. The van der Waals surface area contributed by atoms with E-state index in [1.807, 2.05) is 0 Å². The molecule has 1 saturated heterocycles. The smallest absolute Gasteiger partial charge is 0.119 e. The molecule has 21 heavy (non-hydrogen) atoms. The molecule has 2 fully saturated rings. The Morgan fingerprint density at radius 1 is 1.14 bits per heavy atom. The summed E-state index contributed by atoms with van der Waals surface area (Å²) in [5, 5.41) is 0. The monoisotopic (exact) mass is 289 g/mol. The lowest BCUT2D eigenvalue weighted by Gasteiger charge is -2.32. The summed E-state index contributed by atoms with van der Waals surface area (Å²) in [6.45, 7) is 3.30. The first-order chi connectivity index (χ1) is 10.1. The van der Waals surface area contributed by atoms with Crippen LogP contribution in [0.4, 0.5) is 0 Å². The Bertz CT molecular complexity index is 458. The Kier molecular flexibility index (Phi) is 4.48. The lowest BCUT2D eigenvalue weighted by atomic mass is 9.99. The van der Waals surface area contributed by atoms with E-state index in [0.717, 1.165) is 25.4 Å². The highest BCUT2D eigenvalue weighted by Crippen LogP contribution is 2.28. The second-order valence-electron chi connectivity index (χ2n) is 6.58. The highest BCUT2D eigenvalue weighted by molar-refractivity contribution is 5.30. The average molecular weight is 289 g/mol. The van der Waals surface area contributed by atoms with Gasteiger partial charge in [-0.05, 0) is 64.1 Å². The minimum Gasteiger partial charge on any atom is -0.490 e. The zero-order valence-corrected chi connectivity index (χ0v) is 13.2. The third-order valence-corrected chi connectivity index (χ3v) is 4.62. The summed E-state index contributed by atoms with van der Waals surface area (Å²) in [6.07, 6.45) is 4.05. The van der Waals surface area contributed by atoms with Gasteiger partial charge in [0, 0.05) is 18.6 Å². The topological polar surface area (TPSA) is 41.7 Å². The number of benzene rings is 1. The van der Waals surface area contributed by atoms with Crippen LogP contribution in [0.3, 0.4) is 0 Å². The van der Waals surface area contributed by atoms with Crippen molar-refractivity contribution in [2.75, 3.05) is 33.7 Å². The molecule has 1 aliphatic heterocycles. The molecule has 1 aromatic rings. The summed E-state index contributed by atoms with van der Waals surface area (Å²) < 4.78 is 5.80. The van der Waals surface area contributed by atoms with E-state index in [1.165, 1.54) is 24.8 Å². The first-order valence-electron chi connectivity index (χ1n) is 8.04. The van der Waals surface area contributed by atoms with Gasteiger partial charge in [-0.15, -0.1) is 0 Å². The predicted octanol–water partition coefficient (Wildman–Crippen LogP) is 1.86. The Morgan fingerprint density at radius 3 is 2.52 bits per heavy atom. The molecule has 3 rings (SSSR count). The number of nitrogens with two attached hydrogens (primary N) is 1. The predicted molar refractivity (Wildman–Crippen MR) is 85.6 cm³/mol. The maximum Gasteiger partial charge on any atom is 0.119 e. The lowest BCUT2D eigenvalue weighted by Crippen LogP contribution is -2.45. The van der Waals surface area contributed by atoms with E-state index in [1.54, 1.807) is 0 Å². The van der Waals surface area contributed by atoms with E-state index < -0.39 is 0 Å². The van der Waals surface area contributed by atoms with Crippen molar-refractivity contribution in [1.82, 2.24) is 9.80 Å². The van der Waals surface area contributed by atoms with Crippen LogP contribution in [0.1, 0.15) is 30.9 Å². The van der Waals surface area contributed by atoms with Gasteiger partial charge >= 0.3 is 0 Å². The van der Waals surface area contributed by atoms with Gasteiger partial charge in [0.25, 0.3) is 0 Å². The summed E-state index contributed by atoms with van der Waals surface area (Å²) >= 11 is 0. The van der Waals surface area contributed by atoms with E-state index in [0.29, 0.717) is 12.1 Å². The van der Waals surface area contributed by atoms with Crippen molar-refractivity contribution in [1.29, 1.82) is 0 Å².